The molecule has 16 heteroatoms. The second-order valence-electron chi connectivity index (χ2n) is 20.5. The number of piperidine rings is 1. The summed E-state index contributed by atoms with van der Waals surface area (Å²) in [7, 11) is 2.55. The molecule has 2 saturated carbocycles. The zero-order chi connectivity index (χ0) is 46.6. The number of alkyl carbamates (subject to hydrolysis) is 2. The van der Waals surface area contributed by atoms with E-state index in [2.05, 4.69) is 20.6 Å². The van der Waals surface area contributed by atoms with Gasteiger partial charge in [0.2, 0.25) is 11.8 Å². The lowest BCUT2D eigenvalue weighted by Gasteiger charge is -2.37. The van der Waals surface area contributed by atoms with Crippen molar-refractivity contribution in [3.63, 3.8) is 0 Å². The maximum absolute atomic E-state index is 16.9. The van der Waals surface area contributed by atoms with Crippen LogP contribution in [0.15, 0.2) is 60.3 Å². The number of H-pyrrole nitrogens is 2. The van der Waals surface area contributed by atoms with Gasteiger partial charge in [0.25, 0.3) is 5.92 Å². The SMILES string of the molecule is COC(=O)NC(C(=O)N1C2CCC(C2)C1c1nc2ccc(-c3ccc4c(c3)C(F)(F)C3=C4C=CC(C)(c4cnc(C5CC6(CC6)CN5C(=O)[C@@H](NC(=O)OC)C(C)C)[nH]4)C3)cc2[nH]1)C(C)C. The Kier molecular flexibility index (Phi) is 10.5. The number of nitrogens with zero attached hydrogens (tertiary/aromatic N) is 4. The van der Waals surface area contributed by atoms with Crippen molar-refractivity contribution in [1.82, 2.24) is 40.4 Å². The smallest absolute Gasteiger partial charge is 0.407 e. The lowest BCUT2D eigenvalue weighted by molar-refractivity contribution is -0.139. The van der Waals surface area contributed by atoms with Crippen LogP contribution in [0.3, 0.4) is 0 Å². The zero-order valence-electron chi connectivity index (χ0n) is 38.5. The average Bonchev–Trinajstić information content (AvgIpc) is 3.96. The zero-order valence-corrected chi connectivity index (χ0v) is 38.5. The van der Waals surface area contributed by atoms with Crippen molar-refractivity contribution in [1.29, 1.82) is 0 Å². The van der Waals surface area contributed by atoms with Crippen molar-refractivity contribution in [3.05, 3.63) is 88.8 Å². The monoisotopic (exact) mass is 904 g/mol. The second-order valence-corrected chi connectivity index (χ2v) is 20.5. The molecule has 4 fully saturated rings. The third-order valence-electron chi connectivity index (χ3n) is 15.5. The Morgan fingerprint density at radius 1 is 0.879 bits per heavy atom. The van der Waals surface area contributed by atoms with Crippen molar-refractivity contribution in [2.75, 3.05) is 20.8 Å². The van der Waals surface area contributed by atoms with Crippen molar-refractivity contribution in [2.45, 2.75) is 121 Å². The van der Waals surface area contributed by atoms with Gasteiger partial charge in [-0.25, -0.2) is 19.6 Å². The molecule has 4 amide bonds. The number of likely N-dealkylation sites (tertiary alicyclic amines) is 2. The molecule has 2 aromatic carbocycles. The minimum absolute atomic E-state index is 0.0148. The van der Waals surface area contributed by atoms with Gasteiger partial charge in [-0.05, 0) is 109 Å². The fraction of sp³-hybridized carbons (Fsp3) is 0.520. The van der Waals surface area contributed by atoms with Crippen LogP contribution in [0.5, 0.6) is 0 Å². The number of fused-ring (bicyclic) bond motifs is 5. The predicted octanol–water partition coefficient (Wildman–Crippen LogP) is 8.60. The summed E-state index contributed by atoms with van der Waals surface area (Å²) in [5.41, 5.74) is 3.77. The number of rotatable bonds is 10. The van der Waals surface area contributed by atoms with Crippen LogP contribution in [0, 0.1) is 23.2 Å². The van der Waals surface area contributed by atoms with Crippen molar-refractivity contribution < 1.29 is 37.4 Å². The molecule has 2 bridgehead atoms. The highest BCUT2D eigenvalue weighted by molar-refractivity contribution is 5.90. The van der Waals surface area contributed by atoms with E-state index in [-0.39, 0.29) is 70.7 Å². The molecule has 2 aromatic heterocycles. The second kappa shape index (κ2) is 15.8. The minimum atomic E-state index is -3.24. The molecule has 10 rings (SSSR count). The molecule has 7 atom stereocenters. The summed E-state index contributed by atoms with van der Waals surface area (Å²) in [5, 5.41) is 5.45. The van der Waals surface area contributed by atoms with Gasteiger partial charge in [-0.2, -0.15) is 8.78 Å². The van der Waals surface area contributed by atoms with Gasteiger partial charge in [-0.15, -0.1) is 0 Å². The molecule has 1 spiro atoms. The van der Waals surface area contributed by atoms with Gasteiger partial charge in [-0.1, -0.05) is 65.0 Å². The number of benzene rings is 2. The first-order chi connectivity index (χ1) is 31.4. The van der Waals surface area contributed by atoms with Gasteiger partial charge in [-0.3, -0.25) is 9.59 Å². The predicted molar refractivity (Wildman–Crippen MR) is 242 cm³/mol. The Balaban J connectivity index is 0.879. The Bertz CT molecular complexity index is 2720. The van der Waals surface area contributed by atoms with E-state index in [1.54, 1.807) is 18.3 Å². The van der Waals surface area contributed by atoms with Crippen LogP contribution in [0.2, 0.25) is 0 Å². The Labute approximate surface area is 382 Å². The highest BCUT2D eigenvalue weighted by Crippen LogP contribution is 2.59. The lowest BCUT2D eigenvalue weighted by atomic mass is 9.75. The van der Waals surface area contributed by atoms with Gasteiger partial charge in [0.05, 0.1) is 37.3 Å². The Hall–Kier alpha value is -6.06. The number of methoxy groups -OCH3 is 2. The molecular weight excluding hydrogens is 847 g/mol. The number of nitrogens with one attached hydrogen (secondary N) is 4. The first-order valence-corrected chi connectivity index (χ1v) is 23.3. The number of imidazole rings is 2. The maximum atomic E-state index is 16.9. The highest BCUT2D eigenvalue weighted by atomic mass is 19.3. The quantitative estimate of drug-likeness (QED) is 0.122. The number of aromatic amines is 2. The van der Waals surface area contributed by atoms with E-state index < -0.39 is 35.6 Å². The number of carbonyl (C=O) groups excluding carboxylic acids is 4. The van der Waals surface area contributed by atoms with Crippen LogP contribution in [-0.2, 0) is 30.4 Å². The number of carbonyl (C=O) groups is 4. The van der Waals surface area contributed by atoms with Crippen LogP contribution >= 0.6 is 0 Å². The van der Waals surface area contributed by atoms with Gasteiger partial charge in [0.1, 0.15) is 23.7 Å². The number of ether oxygens (including phenoxy) is 2. The van der Waals surface area contributed by atoms with E-state index in [0.29, 0.717) is 46.1 Å². The van der Waals surface area contributed by atoms with Crippen LogP contribution in [0.25, 0.3) is 27.7 Å². The van der Waals surface area contributed by atoms with Crippen LogP contribution in [0.1, 0.15) is 120 Å². The first-order valence-electron chi connectivity index (χ1n) is 23.3. The van der Waals surface area contributed by atoms with Crippen LogP contribution in [-0.4, -0.2) is 92.6 Å². The Morgan fingerprint density at radius 2 is 1.56 bits per heavy atom. The molecule has 6 unspecified atom stereocenters. The third kappa shape index (κ3) is 7.16. The molecule has 66 heavy (non-hydrogen) atoms. The number of hydrogen-bond donors (Lipinski definition) is 4. The molecule has 4 N–H and O–H groups in total. The largest absolute Gasteiger partial charge is 0.453 e. The number of halogens is 2. The topological polar surface area (TPSA) is 175 Å². The van der Waals surface area contributed by atoms with E-state index in [1.165, 1.54) is 14.2 Å². The summed E-state index contributed by atoms with van der Waals surface area (Å²) in [6.45, 7) is 10.1. The summed E-state index contributed by atoms with van der Waals surface area (Å²) in [5.74, 6) is -2.42. The molecule has 4 heterocycles. The third-order valence-corrected chi connectivity index (χ3v) is 15.5. The molecule has 2 aliphatic heterocycles. The molecule has 4 aromatic rings. The molecule has 0 radical (unpaired) electrons. The molecule has 348 valence electrons. The summed E-state index contributed by atoms with van der Waals surface area (Å²) in [6, 6.07) is 8.87. The van der Waals surface area contributed by atoms with Gasteiger partial charge < -0.3 is 39.9 Å². The van der Waals surface area contributed by atoms with Crippen LogP contribution in [0.4, 0.5) is 18.4 Å². The molecular formula is C50H58F2N8O6. The summed E-state index contributed by atoms with van der Waals surface area (Å²) < 4.78 is 43.4. The van der Waals surface area contributed by atoms with E-state index >= 15 is 8.78 Å². The number of allylic oxidation sites excluding steroid dienone is 4. The van der Waals surface area contributed by atoms with Crippen molar-refractivity contribution >= 4 is 40.6 Å². The van der Waals surface area contributed by atoms with Crippen molar-refractivity contribution in [2.24, 2.45) is 23.2 Å². The van der Waals surface area contributed by atoms with E-state index in [9.17, 15) is 19.2 Å². The number of aromatic nitrogens is 4. The molecule has 2 saturated heterocycles. The average molecular weight is 905 g/mol. The molecule has 6 aliphatic rings. The lowest BCUT2D eigenvalue weighted by Crippen LogP contribution is -2.54. The number of amides is 4. The fourth-order valence-electron chi connectivity index (χ4n) is 11.6. The molecule has 4 aliphatic carbocycles. The van der Waals surface area contributed by atoms with E-state index in [4.69, 9.17) is 19.4 Å². The summed E-state index contributed by atoms with van der Waals surface area (Å²) >= 11 is 0. The van der Waals surface area contributed by atoms with Crippen molar-refractivity contribution in [3.8, 4) is 11.1 Å². The van der Waals surface area contributed by atoms with E-state index in [0.717, 1.165) is 49.6 Å². The summed E-state index contributed by atoms with van der Waals surface area (Å²) in [4.78, 5) is 73.0. The summed E-state index contributed by atoms with van der Waals surface area (Å²) in [6.07, 6.45) is 9.72. The van der Waals surface area contributed by atoms with Gasteiger partial charge in [0, 0.05) is 41.0 Å². The minimum Gasteiger partial charge on any atom is -0.453 e. The first kappa shape index (κ1) is 43.8. The van der Waals surface area contributed by atoms with Crippen LogP contribution < -0.4 is 10.6 Å². The van der Waals surface area contributed by atoms with Gasteiger partial charge >= 0.3 is 12.2 Å². The Morgan fingerprint density at radius 3 is 2.24 bits per heavy atom. The number of hydrogen-bond acceptors (Lipinski definition) is 8. The van der Waals surface area contributed by atoms with E-state index in [1.807, 2.05) is 80.8 Å². The maximum Gasteiger partial charge on any atom is 0.407 e. The normalized spacial score (nSPS) is 26.3. The fourth-order valence-corrected chi connectivity index (χ4v) is 11.6. The molecule has 14 nitrogen and oxygen atoms in total. The standard InChI is InChI=1S/C50H58F2N8O6/c1-25(2)39(57-46(63)65-6)44(61)59-24-49(16-17-49)22-37(59)42-53-23-38(56-42)48(5)15-14-32-31-12-9-27(19-33(31)50(51,52)34(32)21-48)28-10-13-35-36(20-28)55-43(54-35)41-29-8-11-30(18-29)60(41)45(62)40(26(3)4)58-47(64)66-7/h9-10,12-15,19-20,23,25-26,29-30,37,39-41H,8,11,16-18,21-22,24H2,1-7H3,(H,53,56)(H,54,55)(H,57,63)(H,58,64)/t29?,30?,37?,39-,40?,41?,48?/m0/s1. The number of alkyl halides is 2. The van der Waals surface area contributed by atoms with Gasteiger partial charge in [0.15, 0.2) is 0 Å². The highest BCUT2D eigenvalue weighted by Gasteiger charge is 2.56.